The van der Waals surface area contributed by atoms with Crippen LogP contribution in [0, 0.1) is 6.92 Å². The van der Waals surface area contributed by atoms with Gasteiger partial charge >= 0.3 is 0 Å². The largest absolute Gasteiger partial charge is 0.485 e. The van der Waals surface area contributed by atoms with Gasteiger partial charge in [-0.05, 0) is 25.1 Å². The quantitative estimate of drug-likeness (QED) is 0.921. The molecule has 0 spiro atoms. The topological polar surface area (TPSA) is 65.4 Å². The van der Waals surface area contributed by atoms with Gasteiger partial charge in [0.1, 0.15) is 6.61 Å². The Balaban J connectivity index is 1.61. The molecule has 0 aliphatic carbocycles. The lowest BCUT2D eigenvalue weighted by atomic mass is 10.2. The normalized spacial score (nSPS) is 16.6. The van der Waals surface area contributed by atoms with Crippen molar-refractivity contribution < 1.29 is 14.3 Å². The summed E-state index contributed by atoms with van der Waals surface area (Å²) in [4.78, 5) is 12.2. The molecular formula is C15H17N3O3. The Labute approximate surface area is 122 Å². The van der Waals surface area contributed by atoms with Crippen molar-refractivity contribution in [3.63, 3.8) is 0 Å². The second kappa shape index (κ2) is 5.47. The third kappa shape index (κ3) is 2.84. The van der Waals surface area contributed by atoms with Crippen molar-refractivity contribution >= 4 is 5.91 Å². The van der Waals surface area contributed by atoms with Crippen LogP contribution in [0.4, 0.5) is 0 Å². The number of carbonyl (C=O) groups excluding carboxylic acids is 1. The van der Waals surface area contributed by atoms with Crippen molar-refractivity contribution in [1.82, 2.24) is 15.1 Å². The molecule has 110 valence electrons. The Morgan fingerprint density at radius 3 is 2.90 bits per heavy atom. The molecule has 6 nitrogen and oxygen atoms in total. The minimum Gasteiger partial charge on any atom is -0.485 e. The molecule has 1 N–H and O–H groups in total. The highest BCUT2D eigenvalue weighted by molar-refractivity contribution is 5.81. The highest BCUT2D eigenvalue weighted by Gasteiger charge is 2.27. The first-order valence-corrected chi connectivity index (χ1v) is 6.79. The number of nitrogens with zero attached hydrogens (tertiary/aromatic N) is 2. The van der Waals surface area contributed by atoms with Crippen molar-refractivity contribution in [3.8, 4) is 11.5 Å². The zero-order chi connectivity index (χ0) is 14.8. The summed E-state index contributed by atoms with van der Waals surface area (Å²) in [6, 6.07) is 9.27. The summed E-state index contributed by atoms with van der Waals surface area (Å²) in [7, 11) is 1.85. The first kappa shape index (κ1) is 13.5. The zero-order valence-electron chi connectivity index (χ0n) is 12.0. The molecule has 6 heteroatoms. The average Bonchev–Trinajstić information content (AvgIpc) is 2.82. The van der Waals surface area contributed by atoms with Gasteiger partial charge in [0.2, 0.25) is 6.10 Å². The lowest BCUT2D eigenvalue weighted by Crippen LogP contribution is -2.43. The molecule has 1 aliphatic rings. The maximum atomic E-state index is 12.2. The first-order chi connectivity index (χ1) is 10.1. The second-order valence-electron chi connectivity index (χ2n) is 4.98. The van der Waals surface area contributed by atoms with Gasteiger partial charge < -0.3 is 14.8 Å². The number of rotatable bonds is 3. The standard InChI is InChI=1S/C15H17N3O3/c1-10-7-11(18(2)17-10)8-16-15(19)14-9-20-12-5-3-4-6-13(12)21-14/h3-7,14H,8-9H2,1-2H3,(H,16,19)/t14-/m1/s1. The number of hydrogen-bond acceptors (Lipinski definition) is 4. The molecule has 0 unspecified atom stereocenters. The summed E-state index contributed by atoms with van der Waals surface area (Å²) >= 11 is 0. The zero-order valence-corrected chi connectivity index (χ0v) is 12.0. The Morgan fingerprint density at radius 2 is 2.19 bits per heavy atom. The number of aromatic nitrogens is 2. The highest BCUT2D eigenvalue weighted by atomic mass is 16.6. The number of benzene rings is 1. The number of fused-ring (bicyclic) bond motifs is 1. The fourth-order valence-electron chi connectivity index (χ4n) is 2.27. The van der Waals surface area contributed by atoms with Crippen molar-refractivity contribution in [1.29, 1.82) is 0 Å². The van der Waals surface area contributed by atoms with E-state index in [-0.39, 0.29) is 12.5 Å². The van der Waals surface area contributed by atoms with Crippen LogP contribution in [0.15, 0.2) is 30.3 Å². The van der Waals surface area contributed by atoms with E-state index in [0.717, 1.165) is 11.4 Å². The SMILES string of the molecule is Cc1cc(CNC(=O)[C@H]2COc3ccccc3O2)n(C)n1. The molecule has 1 aliphatic heterocycles. The number of ether oxygens (including phenoxy) is 2. The number of amides is 1. The van der Waals surface area contributed by atoms with Crippen LogP contribution in [0.2, 0.25) is 0 Å². The van der Waals surface area contributed by atoms with E-state index in [4.69, 9.17) is 9.47 Å². The number of aryl methyl sites for hydroxylation is 2. The molecule has 1 amide bonds. The van der Waals surface area contributed by atoms with Gasteiger partial charge in [0, 0.05) is 7.05 Å². The van der Waals surface area contributed by atoms with E-state index in [2.05, 4.69) is 10.4 Å². The summed E-state index contributed by atoms with van der Waals surface area (Å²) < 4.78 is 12.9. The van der Waals surface area contributed by atoms with Gasteiger partial charge in [-0.1, -0.05) is 12.1 Å². The monoisotopic (exact) mass is 287 g/mol. The summed E-state index contributed by atoms with van der Waals surface area (Å²) in [6.45, 7) is 2.55. The molecule has 2 heterocycles. The summed E-state index contributed by atoms with van der Waals surface area (Å²) in [5, 5.41) is 7.09. The van der Waals surface area contributed by atoms with Crippen LogP contribution in [0.5, 0.6) is 11.5 Å². The van der Waals surface area contributed by atoms with E-state index < -0.39 is 6.10 Å². The molecule has 0 saturated heterocycles. The first-order valence-electron chi connectivity index (χ1n) is 6.79. The Kier molecular flexibility index (Phi) is 3.51. The van der Waals surface area contributed by atoms with Crippen molar-refractivity contribution in [2.24, 2.45) is 7.05 Å². The Morgan fingerprint density at radius 1 is 1.43 bits per heavy atom. The molecule has 21 heavy (non-hydrogen) atoms. The molecule has 0 radical (unpaired) electrons. The summed E-state index contributed by atoms with van der Waals surface area (Å²) in [6.07, 6.45) is -0.630. The van der Waals surface area contributed by atoms with E-state index in [1.165, 1.54) is 0 Å². The smallest absolute Gasteiger partial charge is 0.265 e. The molecule has 2 aromatic rings. The molecule has 1 atom stereocenters. The summed E-state index contributed by atoms with van der Waals surface area (Å²) in [5.41, 5.74) is 1.87. The predicted octanol–water partition coefficient (Wildman–Crippen LogP) is 1.18. The van der Waals surface area contributed by atoms with E-state index in [9.17, 15) is 4.79 Å². The molecule has 0 bridgehead atoms. The van der Waals surface area contributed by atoms with Gasteiger partial charge in [0.05, 0.1) is 17.9 Å². The van der Waals surface area contributed by atoms with Gasteiger partial charge in [-0.2, -0.15) is 5.10 Å². The third-order valence-corrected chi connectivity index (χ3v) is 3.34. The Bertz CT molecular complexity index is 666. The lowest BCUT2D eigenvalue weighted by Gasteiger charge is -2.25. The van der Waals surface area contributed by atoms with Gasteiger partial charge in [-0.25, -0.2) is 0 Å². The van der Waals surface area contributed by atoms with E-state index in [1.807, 2.05) is 38.2 Å². The van der Waals surface area contributed by atoms with Crippen LogP contribution >= 0.6 is 0 Å². The fourth-order valence-corrected chi connectivity index (χ4v) is 2.27. The van der Waals surface area contributed by atoms with Crippen LogP contribution in [-0.2, 0) is 18.4 Å². The van der Waals surface area contributed by atoms with Crippen LogP contribution in [-0.4, -0.2) is 28.4 Å². The maximum absolute atomic E-state index is 12.2. The van der Waals surface area contributed by atoms with Crippen LogP contribution in [0.1, 0.15) is 11.4 Å². The van der Waals surface area contributed by atoms with Crippen LogP contribution < -0.4 is 14.8 Å². The van der Waals surface area contributed by atoms with Crippen LogP contribution in [0.25, 0.3) is 0 Å². The van der Waals surface area contributed by atoms with Gasteiger partial charge in [-0.15, -0.1) is 0 Å². The molecule has 3 rings (SSSR count). The highest BCUT2D eigenvalue weighted by Crippen LogP contribution is 2.30. The minimum absolute atomic E-state index is 0.191. The number of para-hydroxylation sites is 2. The van der Waals surface area contributed by atoms with E-state index in [1.54, 1.807) is 10.7 Å². The van der Waals surface area contributed by atoms with Gasteiger partial charge in [0.25, 0.3) is 5.91 Å². The van der Waals surface area contributed by atoms with E-state index >= 15 is 0 Å². The Hall–Kier alpha value is -2.50. The molecule has 0 fully saturated rings. The van der Waals surface area contributed by atoms with Gasteiger partial charge in [-0.3, -0.25) is 9.48 Å². The third-order valence-electron chi connectivity index (χ3n) is 3.34. The van der Waals surface area contributed by atoms with Gasteiger partial charge in [0.15, 0.2) is 11.5 Å². The number of hydrogen-bond donors (Lipinski definition) is 1. The lowest BCUT2D eigenvalue weighted by molar-refractivity contribution is -0.130. The number of carbonyl (C=O) groups is 1. The van der Waals surface area contributed by atoms with Crippen molar-refractivity contribution in [3.05, 3.63) is 41.7 Å². The molecule has 1 aromatic heterocycles. The minimum atomic E-state index is -0.630. The summed E-state index contributed by atoms with van der Waals surface area (Å²) in [5.74, 6) is 1.08. The predicted molar refractivity (Wildman–Crippen MR) is 76.1 cm³/mol. The molecule has 0 saturated carbocycles. The number of nitrogens with one attached hydrogen (secondary N) is 1. The van der Waals surface area contributed by atoms with Crippen molar-refractivity contribution in [2.45, 2.75) is 19.6 Å². The average molecular weight is 287 g/mol. The molecular weight excluding hydrogens is 270 g/mol. The maximum Gasteiger partial charge on any atom is 0.265 e. The van der Waals surface area contributed by atoms with Crippen molar-refractivity contribution in [2.75, 3.05) is 6.61 Å². The fraction of sp³-hybridized carbons (Fsp3) is 0.333. The van der Waals surface area contributed by atoms with E-state index in [0.29, 0.717) is 18.0 Å². The van der Waals surface area contributed by atoms with Crippen LogP contribution in [0.3, 0.4) is 0 Å². The molecule has 1 aromatic carbocycles. The second-order valence-corrected chi connectivity index (χ2v) is 4.98.